The molecule has 0 fully saturated rings. The summed E-state index contributed by atoms with van der Waals surface area (Å²) in [7, 11) is 3.36. The van der Waals surface area contributed by atoms with Crippen molar-refractivity contribution in [2.75, 3.05) is 14.2 Å². The molecule has 0 saturated carbocycles. The van der Waals surface area contributed by atoms with E-state index in [-0.39, 0.29) is 21.2 Å². The van der Waals surface area contributed by atoms with Gasteiger partial charge in [0.1, 0.15) is 0 Å². The third-order valence-corrected chi connectivity index (χ3v) is 5.07. The third kappa shape index (κ3) is 2.91. The van der Waals surface area contributed by atoms with Gasteiger partial charge in [0, 0.05) is 0 Å². The van der Waals surface area contributed by atoms with Gasteiger partial charge >= 0.3 is 21.2 Å². The first-order valence-corrected chi connectivity index (χ1v) is 7.41. The zero-order valence-corrected chi connectivity index (χ0v) is 12.0. The minimum Gasteiger partial charge on any atom is -0.493 e. The van der Waals surface area contributed by atoms with Crippen molar-refractivity contribution in [3.05, 3.63) is 55.7 Å². The average Bonchev–Trinajstić information content (AvgIpc) is 2.39. The summed E-state index contributed by atoms with van der Waals surface area (Å²) in [5.74, 6) is 1.67. The molecule has 2 aromatic rings. The fourth-order valence-electron chi connectivity index (χ4n) is 1.52. The van der Waals surface area contributed by atoms with Crippen LogP contribution in [0.5, 0.6) is 11.5 Å². The van der Waals surface area contributed by atoms with E-state index in [0.717, 1.165) is 11.5 Å². The van der Waals surface area contributed by atoms with Gasteiger partial charge in [0.05, 0.1) is 14.2 Å². The first-order chi connectivity index (χ1) is 8.35. The average molecular weight is 341 g/mol. The Balaban J connectivity index is 2.33. The Morgan fingerprint density at radius 3 is 2.24 bits per heavy atom. The van der Waals surface area contributed by atoms with E-state index in [4.69, 9.17) is 9.47 Å². The first-order valence-electron chi connectivity index (χ1n) is 5.26. The monoisotopic (exact) mass is 341 g/mol. The number of hydrogen-bond donors (Lipinski definition) is 0. The van der Waals surface area contributed by atoms with E-state index >= 15 is 0 Å². The lowest BCUT2D eigenvalue weighted by atomic mass is 10.3. The molecule has 88 valence electrons. The first kappa shape index (κ1) is 12.2. The minimum absolute atomic E-state index is 0.227. The molecule has 17 heavy (non-hydrogen) atoms. The van der Waals surface area contributed by atoms with Gasteiger partial charge < -0.3 is 9.47 Å². The largest absolute Gasteiger partial charge is 0.493 e. The number of benzene rings is 2. The maximum Gasteiger partial charge on any atom is 0.362 e. The van der Waals surface area contributed by atoms with Crippen molar-refractivity contribution < 1.29 is 30.7 Å². The smallest absolute Gasteiger partial charge is 0.362 e. The van der Waals surface area contributed by atoms with Gasteiger partial charge in [-0.25, -0.2) is 0 Å². The Labute approximate surface area is 112 Å². The number of ether oxygens (including phenoxy) is 2. The highest BCUT2D eigenvalue weighted by Crippen LogP contribution is 2.25. The highest BCUT2D eigenvalue weighted by molar-refractivity contribution is 5.38. The van der Waals surface area contributed by atoms with Crippen molar-refractivity contribution in [2.24, 2.45) is 0 Å². The summed E-state index contributed by atoms with van der Waals surface area (Å²) in [5.41, 5.74) is 0. The van der Waals surface area contributed by atoms with E-state index in [1.807, 2.05) is 18.2 Å². The fraction of sp³-hybridized carbons (Fsp3) is 0.143. The van der Waals surface area contributed by atoms with Gasteiger partial charge in [0.25, 0.3) is 0 Å². The second-order valence-corrected chi connectivity index (χ2v) is 6.31. The molecule has 2 nitrogen and oxygen atoms in total. The van der Waals surface area contributed by atoms with Crippen molar-refractivity contribution >= 4 is 0 Å². The molecular formula is C14H14IO2+. The molecule has 3 heteroatoms. The zero-order valence-electron chi connectivity index (χ0n) is 9.81. The van der Waals surface area contributed by atoms with Crippen molar-refractivity contribution in [3.63, 3.8) is 0 Å². The second kappa shape index (κ2) is 5.91. The van der Waals surface area contributed by atoms with Crippen LogP contribution in [0.2, 0.25) is 0 Å². The lowest BCUT2D eigenvalue weighted by Gasteiger charge is -2.05. The van der Waals surface area contributed by atoms with Gasteiger partial charge in [-0.2, -0.15) is 0 Å². The molecule has 0 radical (unpaired) electrons. The van der Waals surface area contributed by atoms with Crippen LogP contribution in [-0.2, 0) is 0 Å². The molecule has 0 N–H and O–H groups in total. The van der Waals surface area contributed by atoms with Crippen LogP contribution in [0.1, 0.15) is 0 Å². The highest BCUT2D eigenvalue weighted by atomic mass is 127. The van der Waals surface area contributed by atoms with Gasteiger partial charge in [-0.3, -0.25) is 0 Å². The Bertz CT molecular complexity index is 483. The third-order valence-electron chi connectivity index (χ3n) is 2.30. The SMILES string of the molecule is COc1cccc([I+]c2ccccc2)c1OC. The van der Waals surface area contributed by atoms with Crippen LogP contribution >= 0.6 is 0 Å². The van der Waals surface area contributed by atoms with Crippen LogP contribution in [0.3, 0.4) is 0 Å². The van der Waals surface area contributed by atoms with Crippen molar-refractivity contribution in [1.29, 1.82) is 0 Å². The van der Waals surface area contributed by atoms with Crippen LogP contribution in [0.15, 0.2) is 48.5 Å². The number of methoxy groups -OCH3 is 2. The van der Waals surface area contributed by atoms with Crippen LogP contribution < -0.4 is 30.7 Å². The number of hydrogen-bond acceptors (Lipinski definition) is 2. The molecule has 0 aromatic heterocycles. The molecule has 0 spiro atoms. The maximum atomic E-state index is 5.44. The van der Waals surface area contributed by atoms with E-state index in [0.29, 0.717) is 0 Å². The van der Waals surface area contributed by atoms with Gasteiger partial charge in [-0.1, -0.05) is 24.3 Å². The lowest BCUT2D eigenvalue weighted by molar-refractivity contribution is -0.598. The number of para-hydroxylation sites is 1. The molecule has 0 aliphatic rings. The molecule has 0 saturated heterocycles. The van der Waals surface area contributed by atoms with Gasteiger partial charge in [-0.15, -0.1) is 0 Å². The van der Waals surface area contributed by atoms with E-state index in [1.54, 1.807) is 14.2 Å². The van der Waals surface area contributed by atoms with Crippen LogP contribution in [0.25, 0.3) is 0 Å². The highest BCUT2D eigenvalue weighted by Gasteiger charge is 2.23. The minimum atomic E-state index is -0.227. The Hall–Kier alpha value is -1.23. The summed E-state index contributed by atoms with van der Waals surface area (Å²) in [6.45, 7) is 0. The summed E-state index contributed by atoms with van der Waals surface area (Å²) in [6.07, 6.45) is 0. The molecule has 0 unspecified atom stereocenters. The molecular weight excluding hydrogens is 327 g/mol. The van der Waals surface area contributed by atoms with Crippen LogP contribution in [-0.4, -0.2) is 14.2 Å². The van der Waals surface area contributed by atoms with Crippen molar-refractivity contribution in [3.8, 4) is 11.5 Å². The van der Waals surface area contributed by atoms with E-state index in [1.165, 1.54) is 7.14 Å². The zero-order chi connectivity index (χ0) is 12.1. The molecule has 2 aromatic carbocycles. The fourth-order valence-corrected chi connectivity index (χ4v) is 4.08. The van der Waals surface area contributed by atoms with E-state index in [9.17, 15) is 0 Å². The molecule has 0 aliphatic carbocycles. The van der Waals surface area contributed by atoms with E-state index in [2.05, 4.69) is 30.3 Å². The van der Waals surface area contributed by atoms with Crippen molar-refractivity contribution in [2.45, 2.75) is 0 Å². The van der Waals surface area contributed by atoms with Gasteiger partial charge in [0.2, 0.25) is 9.32 Å². The summed E-state index contributed by atoms with van der Waals surface area (Å²) >= 11 is -0.227. The van der Waals surface area contributed by atoms with Crippen LogP contribution in [0.4, 0.5) is 0 Å². The number of halogens is 1. The molecule has 2 rings (SSSR count). The molecule has 0 heterocycles. The van der Waals surface area contributed by atoms with E-state index < -0.39 is 0 Å². The molecule has 0 atom stereocenters. The lowest BCUT2D eigenvalue weighted by Crippen LogP contribution is -3.61. The standard InChI is InChI=1S/C14H14IO2/c1-16-13-10-6-9-12(14(13)17-2)15-11-7-4-3-5-8-11/h3-10H,1-2H3/q+1. The van der Waals surface area contributed by atoms with Crippen molar-refractivity contribution in [1.82, 2.24) is 0 Å². The Morgan fingerprint density at radius 1 is 0.824 bits per heavy atom. The number of rotatable bonds is 4. The predicted molar refractivity (Wildman–Crippen MR) is 63.4 cm³/mol. The second-order valence-electron chi connectivity index (χ2n) is 3.37. The predicted octanol–water partition coefficient (Wildman–Crippen LogP) is -0.168. The summed E-state index contributed by atoms with van der Waals surface area (Å²) in [4.78, 5) is 0. The van der Waals surface area contributed by atoms with Gasteiger partial charge in [0.15, 0.2) is 9.32 Å². The molecule has 0 aliphatic heterocycles. The normalized spacial score (nSPS) is 10.0. The van der Waals surface area contributed by atoms with Gasteiger partial charge in [-0.05, 0) is 24.3 Å². The summed E-state index contributed by atoms with van der Waals surface area (Å²) in [5, 5.41) is 0. The Kier molecular flexibility index (Phi) is 4.25. The molecule has 0 bridgehead atoms. The summed E-state index contributed by atoms with van der Waals surface area (Å²) in [6, 6.07) is 16.6. The maximum absolute atomic E-state index is 5.44. The quantitative estimate of drug-likeness (QED) is 0.720. The topological polar surface area (TPSA) is 18.5 Å². The molecule has 0 amide bonds. The Morgan fingerprint density at radius 2 is 1.59 bits per heavy atom. The summed E-state index contributed by atoms with van der Waals surface area (Å²) < 4.78 is 13.4. The van der Waals surface area contributed by atoms with Crippen LogP contribution in [0, 0.1) is 7.14 Å².